The third kappa shape index (κ3) is 4.35. The van der Waals surface area contributed by atoms with Gasteiger partial charge in [-0.2, -0.15) is 0 Å². The first-order valence-corrected chi connectivity index (χ1v) is 8.94. The highest BCUT2D eigenvalue weighted by atomic mass is 35.5. The summed E-state index contributed by atoms with van der Waals surface area (Å²) in [6, 6.07) is 13.8. The van der Waals surface area contributed by atoms with Crippen LogP contribution in [0.25, 0.3) is 0 Å². The number of hydrogen-bond acceptors (Lipinski definition) is 3. The predicted octanol–water partition coefficient (Wildman–Crippen LogP) is 3.38. The van der Waals surface area contributed by atoms with Crippen LogP contribution in [-0.4, -0.2) is 43.0 Å². The lowest BCUT2D eigenvalue weighted by molar-refractivity contribution is 0.0676. The lowest BCUT2D eigenvalue weighted by Crippen LogP contribution is -2.49. The fourth-order valence-corrected chi connectivity index (χ4v) is 3.19. The van der Waals surface area contributed by atoms with Crippen LogP contribution in [0, 0.1) is 0 Å². The van der Waals surface area contributed by atoms with Crippen molar-refractivity contribution in [2.45, 2.75) is 18.9 Å². The van der Waals surface area contributed by atoms with Crippen molar-refractivity contribution in [2.75, 3.05) is 20.2 Å². The van der Waals surface area contributed by atoms with E-state index in [0.717, 1.165) is 12.8 Å². The summed E-state index contributed by atoms with van der Waals surface area (Å²) in [5, 5.41) is 3.62. The van der Waals surface area contributed by atoms with E-state index in [1.165, 1.54) is 0 Å². The van der Waals surface area contributed by atoms with Crippen LogP contribution in [0.4, 0.5) is 0 Å². The number of hydrogen-bond donors (Lipinski definition) is 1. The number of amides is 2. The number of carbonyl (C=O) groups excluding carboxylic acids is 2. The molecule has 136 valence electrons. The number of carbonyl (C=O) groups is 2. The van der Waals surface area contributed by atoms with Crippen LogP contribution in [0.15, 0.2) is 48.5 Å². The smallest absolute Gasteiger partial charge is 0.253 e. The SMILES string of the molecule is COc1ccc(C(=O)NC2CCCN(C(=O)c3ccc(Cl)cc3)C2)cc1. The molecule has 1 heterocycles. The van der Waals surface area contributed by atoms with Crippen molar-refractivity contribution in [3.8, 4) is 5.75 Å². The van der Waals surface area contributed by atoms with E-state index in [-0.39, 0.29) is 17.9 Å². The number of nitrogens with zero attached hydrogens (tertiary/aromatic N) is 1. The maximum absolute atomic E-state index is 12.6. The summed E-state index contributed by atoms with van der Waals surface area (Å²) in [6.07, 6.45) is 1.71. The molecular weight excluding hydrogens is 352 g/mol. The number of likely N-dealkylation sites (tertiary alicyclic amines) is 1. The minimum absolute atomic E-state index is 0.0370. The number of ether oxygens (including phenoxy) is 1. The lowest BCUT2D eigenvalue weighted by atomic mass is 10.0. The Kier molecular flexibility index (Phi) is 5.78. The fourth-order valence-electron chi connectivity index (χ4n) is 3.07. The van der Waals surface area contributed by atoms with Gasteiger partial charge in [-0.25, -0.2) is 0 Å². The van der Waals surface area contributed by atoms with Crippen molar-refractivity contribution in [2.24, 2.45) is 0 Å². The van der Waals surface area contributed by atoms with Crippen LogP contribution in [-0.2, 0) is 0 Å². The lowest BCUT2D eigenvalue weighted by Gasteiger charge is -2.33. The molecule has 5 nitrogen and oxygen atoms in total. The second kappa shape index (κ2) is 8.23. The number of nitrogens with one attached hydrogen (secondary N) is 1. The summed E-state index contributed by atoms with van der Waals surface area (Å²) in [7, 11) is 1.59. The highest BCUT2D eigenvalue weighted by molar-refractivity contribution is 6.30. The molecule has 1 N–H and O–H groups in total. The van der Waals surface area contributed by atoms with Gasteiger partial charge in [0.05, 0.1) is 7.11 Å². The molecule has 1 atom stereocenters. The Balaban J connectivity index is 1.61. The summed E-state index contributed by atoms with van der Waals surface area (Å²) in [6.45, 7) is 1.19. The normalized spacial score (nSPS) is 16.8. The number of rotatable bonds is 4. The minimum Gasteiger partial charge on any atom is -0.497 e. The Morgan fingerprint density at radius 3 is 2.38 bits per heavy atom. The second-order valence-electron chi connectivity index (χ2n) is 6.30. The first-order chi connectivity index (χ1) is 12.6. The van der Waals surface area contributed by atoms with Gasteiger partial charge >= 0.3 is 0 Å². The third-order valence-corrected chi connectivity index (χ3v) is 4.74. The highest BCUT2D eigenvalue weighted by Gasteiger charge is 2.25. The van der Waals surface area contributed by atoms with E-state index in [0.29, 0.717) is 35.0 Å². The zero-order valence-corrected chi connectivity index (χ0v) is 15.3. The standard InChI is InChI=1S/C20H21ClN2O3/c1-26-18-10-6-14(7-11-18)19(24)22-17-3-2-12-23(13-17)20(25)15-4-8-16(21)9-5-15/h4-11,17H,2-3,12-13H2,1H3,(H,22,24). The third-order valence-electron chi connectivity index (χ3n) is 4.49. The van der Waals surface area contributed by atoms with E-state index >= 15 is 0 Å². The molecule has 0 saturated carbocycles. The van der Waals surface area contributed by atoms with Gasteiger partial charge in [-0.15, -0.1) is 0 Å². The average molecular weight is 373 g/mol. The van der Waals surface area contributed by atoms with Crippen LogP contribution in [0.5, 0.6) is 5.75 Å². The summed E-state index contributed by atoms with van der Waals surface area (Å²) in [5.74, 6) is 0.530. The van der Waals surface area contributed by atoms with Crippen LogP contribution in [0.3, 0.4) is 0 Å². The molecular formula is C20H21ClN2O3. The molecule has 1 aliphatic heterocycles. The maximum Gasteiger partial charge on any atom is 0.253 e. The van der Waals surface area contributed by atoms with Crippen molar-refractivity contribution in [3.63, 3.8) is 0 Å². The maximum atomic E-state index is 12.6. The molecule has 0 aliphatic carbocycles. The molecule has 0 aromatic heterocycles. The van der Waals surface area contributed by atoms with E-state index in [2.05, 4.69) is 5.32 Å². The topological polar surface area (TPSA) is 58.6 Å². The molecule has 6 heteroatoms. The van der Waals surface area contributed by atoms with E-state index in [1.807, 2.05) is 0 Å². The summed E-state index contributed by atoms with van der Waals surface area (Å²) in [5.41, 5.74) is 1.18. The number of halogens is 1. The van der Waals surface area contributed by atoms with E-state index in [4.69, 9.17) is 16.3 Å². The van der Waals surface area contributed by atoms with E-state index < -0.39 is 0 Å². The molecule has 2 aromatic rings. The quantitative estimate of drug-likeness (QED) is 0.895. The molecule has 2 amide bonds. The number of methoxy groups -OCH3 is 1. The van der Waals surface area contributed by atoms with Gasteiger partial charge < -0.3 is 15.0 Å². The van der Waals surface area contributed by atoms with Gasteiger partial charge in [-0.1, -0.05) is 11.6 Å². The van der Waals surface area contributed by atoms with Gasteiger partial charge in [0, 0.05) is 35.3 Å². The van der Waals surface area contributed by atoms with Gasteiger partial charge in [-0.3, -0.25) is 9.59 Å². The molecule has 1 saturated heterocycles. The first-order valence-electron chi connectivity index (χ1n) is 8.56. The van der Waals surface area contributed by atoms with Crippen LogP contribution < -0.4 is 10.1 Å². The molecule has 1 unspecified atom stereocenters. The molecule has 1 aliphatic rings. The van der Waals surface area contributed by atoms with E-state index in [1.54, 1.807) is 60.5 Å². The van der Waals surface area contributed by atoms with E-state index in [9.17, 15) is 9.59 Å². The molecule has 2 aromatic carbocycles. The van der Waals surface area contributed by atoms with Gasteiger partial charge in [0.1, 0.15) is 5.75 Å². The van der Waals surface area contributed by atoms with Crippen molar-refractivity contribution < 1.29 is 14.3 Å². The van der Waals surface area contributed by atoms with Crippen molar-refractivity contribution in [1.82, 2.24) is 10.2 Å². The fraction of sp³-hybridized carbons (Fsp3) is 0.300. The van der Waals surface area contributed by atoms with Crippen LogP contribution in [0.2, 0.25) is 5.02 Å². The van der Waals surface area contributed by atoms with Crippen molar-refractivity contribution in [1.29, 1.82) is 0 Å². The van der Waals surface area contributed by atoms with Gasteiger partial charge in [0.25, 0.3) is 11.8 Å². The molecule has 0 spiro atoms. The Morgan fingerprint density at radius 2 is 1.73 bits per heavy atom. The summed E-state index contributed by atoms with van der Waals surface area (Å²) < 4.78 is 5.10. The molecule has 0 bridgehead atoms. The van der Waals surface area contributed by atoms with Gasteiger partial charge in [0.2, 0.25) is 0 Å². The number of piperidine rings is 1. The molecule has 1 fully saturated rings. The Bertz CT molecular complexity index is 775. The number of benzene rings is 2. The second-order valence-corrected chi connectivity index (χ2v) is 6.74. The first kappa shape index (κ1) is 18.3. The molecule has 0 radical (unpaired) electrons. The largest absolute Gasteiger partial charge is 0.497 e. The molecule has 3 rings (SSSR count). The van der Waals surface area contributed by atoms with Crippen LogP contribution >= 0.6 is 11.6 Å². The molecule has 26 heavy (non-hydrogen) atoms. The highest BCUT2D eigenvalue weighted by Crippen LogP contribution is 2.17. The zero-order chi connectivity index (χ0) is 18.5. The van der Waals surface area contributed by atoms with Gasteiger partial charge in [0.15, 0.2) is 0 Å². The van der Waals surface area contributed by atoms with Crippen LogP contribution in [0.1, 0.15) is 33.6 Å². The van der Waals surface area contributed by atoms with Crippen molar-refractivity contribution in [3.05, 3.63) is 64.7 Å². The Hall–Kier alpha value is -2.53. The minimum atomic E-state index is -0.140. The summed E-state index contributed by atoms with van der Waals surface area (Å²) in [4.78, 5) is 26.8. The summed E-state index contributed by atoms with van der Waals surface area (Å²) >= 11 is 5.88. The predicted molar refractivity (Wildman–Crippen MR) is 101 cm³/mol. The average Bonchev–Trinajstić information content (AvgIpc) is 2.68. The monoisotopic (exact) mass is 372 g/mol. The Morgan fingerprint density at radius 1 is 1.08 bits per heavy atom. The zero-order valence-electron chi connectivity index (χ0n) is 14.6. The Labute approximate surface area is 157 Å². The van der Waals surface area contributed by atoms with Gasteiger partial charge in [-0.05, 0) is 61.4 Å². The van der Waals surface area contributed by atoms with Crippen molar-refractivity contribution >= 4 is 23.4 Å².